The minimum absolute atomic E-state index is 0.0159. The van der Waals surface area contributed by atoms with E-state index >= 15 is 0 Å². The lowest BCUT2D eigenvalue weighted by atomic mass is 10.1. The minimum atomic E-state index is -3.83. The number of carboxylic acids is 1. The van der Waals surface area contributed by atoms with Gasteiger partial charge >= 0.3 is 5.97 Å². The molecule has 0 aliphatic carbocycles. The second-order valence-electron chi connectivity index (χ2n) is 5.08. The number of sulfonamides is 1. The molecule has 1 heterocycles. The van der Waals surface area contributed by atoms with Crippen molar-refractivity contribution in [1.29, 1.82) is 0 Å². The standard InChI is InChI=1S/C13H16N2O5S/c1-7(13(17)18)8(2)15-21(19,20)10-3-4-11-9(5-10)6-12(16)14-11/h3-5,7-8,15H,6H2,1-2H3,(H,14,16)(H,17,18). The number of fused-ring (bicyclic) bond motifs is 1. The zero-order valence-electron chi connectivity index (χ0n) is 11.6. The van der Waals surface area contributed by atoms with E-state index in [1.54, 1.807) is 0 Å². The number of nitrogens with one attached hydrogen (secondary N) is 2. The van der Waals surface area contributed by atoms with Gasteiger partial charge in [-0.3, -0.25) is 9.59 Å². The summed E-state index contributed by atoms with van der Waals surface area (Å²) in [6.07, 6.45) is 0.139. The fourth-order valence-electron chi connectivity index (χ4n) is 2.00. The molecule has 21 heavy (non-hydrogen) atoms. The van der Waals surface area contributed by atoms with Gasteiger partial charge in [0.25, 0.3) is 0 Å². The Bertz CT molecular complexity index is 699. The van der Waals surface area contributed by atoms with Crippen LogP contribution in [0.4, 0.5) is 5.69 Å². The Morgan fingerprint density at radius 1 is 1.38 bits per heavy atom. The molecule has 0 fully saturated rings. The molecule has 2 atom stereocenters. The van der Waals surface area contributed by atoms with Crippen LogP contribution < -0.4 is 10.0 Å². The van der Waals surface area contributed by atoms with E-state index in [1.807, 2.05) is 0 Å². The van der Waals surface area contributed by atoms with Crippen LogP contribution in [0.1, 0.15) is 19.4 Å². The first-order chi connectivity index (χ1) is 9.70. The summed E-state index contributed by atoms with van der Waals surface area (Å²) in [5.74, 6) is -2.10. The SMILES string of the molecule is CC(NS(=O)(=O)c1ccc2c(c1)CC(=O)N2)C(C)C(=O)O. The zero-order valence-corrected chi connectivity index (χ0v) is 12.4. The lowest BCUT2D eigenvalue weighted by Crippen LogP contribution is -2.39. The number of carbonyl (C=O) groups excluding carboxylic acids is 1. The summed E-state index contributed by atoms with van der Waals surface area (Å²) in [7, 11) is -3.83. The molecule has 1 aromatic carbocycles. The Morgan fingerprint density at radius 3 is 2.67 bits per heavy atom. The molecule has 1 amide bonds. The quantitative estimate of drug-likeness (QED) is 0.735. The van der Waals surface area contributed by atoms with Crippen molar-refractivity contribution in [1.82, 2.24) is 4.72 Å². The van der Waals surface area contributed by atoms with Crippen molar-refractivity contribution in [2.24, 2.45) is 5.92 Å². The van der Waals surface area contributed by atoms with Crippen LogP contribution >= 0.6 is 0 Å². The average molecular weight is 312 g/mol. The Labute approximate surface area is 122 Å². The van der Waals surface area contributed by atoms with Gasteiger partial charge in [-0.05, 0) is 30.7 Å². The fourth-order valence-corrected chi connectivity index (χ4v) is 3.38. The summed E-state index contributed by atoms with van der Waals surface area (Å²) in [4.78, 5) is 22.1. The van der Waals surface area contributed by atoms with Gasteiger partial charge in [-0.2, -0.15) is 0 Å². The predicted molar refractivity (Wildman–Crippen MR) is 75.4 cm³/mol. The van der Waals surface area contributed by atoms with Crippen LogP contribution in [0.2, 0.25) is 0 Å². The van der Waals surface area contributed by atoms with E-state index in [0.717, 1.165) is 0 Å². The molecule has 2 unspecified atom stereocenters. The van der Waals surface area contributed by atoms with Crippen molar-refractivity contribution >= 4 is 27.6 Å². The molecule has 0 bridgehead atoms. The largest absolute Gasteiger partial charge is 0.481 e. The van der Waals surface area contributed by atoms with Crippen molar-refractivity contribution < 1.29 is 23.1 Å². The lowest BCUT2D eigenvalue weighted by molar-refractivity contribution is -0.141. The molecular formula is C13H16N2O5S. The van der Waals surface area contributed by atoms with E-state index in [4.69, 9.17) is 5.11 Å². The summed E-state index contributed by atoms with van der Waals surface area (Å²) in [6.45, 7) is 2.93. The third-order valence-corrected chi connectivity index (χ3v) is 5.05. The molecule has 1 aliphatic rings. The Hall–Kier alpha value is -1.93. The van der Waals surface area contributed by atoms with Crippen molar-refractivity contribution in [3.63, 3.8) is 0 Å². The highest BCUT2D eigenvalue weighted by molar-refractivity contribution is 7.89. The maximum absolute atomic E-state index is 12.2. The highest BCUT2D eigenvalue weighted by atomic mass is 32.2. The molecule has 0 radical (unpaired) electrons. The maximum Gasteiger partial charge on any atom is 0.307 e. The number of carbonyl (C=O) groups is 2. The van der Waals surface area contributed by atoms with Crippen LogP contribution in [0, 0.1) is 5.92 Å². The van der Waals surface area contributed by atoms with Gasteiger partial charge in [0, 0.05) is 11.7 Å². The number of rotatable bonds is 5. The number of hydrogen-bond acceptors (Lipinski definition) is 4. The number of benzene rings is 1. The summed E-state index contributed by atoms with van der Waals surface area (Å²) in [5.41, 5.74) is 1.22. The van der Waals surface area contributed by atoms with Gasteiger partial charge in [-0.15, -0.1) is 0 Å². The molecule has 3 N–H and O–H groups in total. The van der Waals surface area contributed by atoms with Crippen molar-refractivity contribution in [2.45, 2.75) is 31.2 Å². The van der Waals surface area contributed by atoms with Crippen LogP contribution in [-0.2, 0) is 26.0 Å². The van der Waals surface area contributed by atoms with E-state index in [1.165, 1.54) is 32.0 Å². The molecule has 114 valence electrons. The van der Waals surface area contributed by atoms with Crippen molar-refractivity contribution in [3.05, 3.63) is 23.8 Å². The smallest absolute Gasteiger partial charge is 0.307 e. The maximum atomic E-state index is 12.2. The van der Waals surface area contributed by atoms with Gasteiger partial charge in [-0.1, -0.05) is 6.92 Å². The number of hydrogen-bond donors (Lipinski definition) is 3. The predicted octanol–water partition coefficient (Wildman–Crippen LogP) is 0.569. The van der Waals surface area contributed by atoms with Crippen LogP contribution in [0.25, 0.3) is 0 Å². The highest BCUT2D eigenvalue weighted by Crippen LogP contribution is 2.26. The molecule has 1 aliphatic heterocycles. The third-order valence-electron chi connectivity index (χ3n) is 3.49. The average Bonchev–Trinajstić information content (AvgIpc) is 2.75. The summed E-state index contributed by atoms with van der Waals surface area (Å²) >= 11 is 0. The molecule has 0 spiro atoms. The number of anilines is 1. The van der Waals surface area contributed by atoms with Crippen LogP contribution in [0.15, 0.2) is 23.1 Å². The van der Waals surface area contributed by atoms with Gasteiger partial charge in [0.2, 0.25) is 15.9 Å². The fraction of sp³-hybridized carbons (Fsp3) is 0.385. The summed E-state index contributed by atoms with van der Waals surface area (Å²) in [5, 5.41) is 11.5. The van der Waals surface area contributed by atoms with Crippen molar-refractivity contribution in [3.8, 4) is 0 Å². The van der Waals surface area contributed by atoms with E-state index < -0.39 is 28.0 Å². The number of carboxylic acid groups (broad SMARTS) is 1. The van der Waals surface area contributed by atoms with E-state index in [9.17, 15) is 18.0 Å². The third kappa shape index (κ3) is 3.22. The number of aliphatic carboxylic acids is 1. The van der Waals surface area contributed by atoms with Gasteiger partial charge in [0.1, 0.15) is 0 Å². The van der Waals surface area contributed by atoms with E-state index in [0.29, 0.717) is 11.3 Å². The van der Waals surface area contributed by atoms with Gasteiger partial charge in [0.15, 0.2) is 0 Å². The van der Waals surface area contributed by atoms with Gasteiger partial charge < -0.3 is 10.4 Å². The normalized spacial score (nSPS) is 17.0. The second kappa shape index (κ2) is 5.45. The Balaban J connectivity index is 2.23. The second-order valence-corrected chi connectivity index (χ2v) is 6.79. The number of amides is 1. The topological polar surface area (TPSA) is 113 Å². The van der Waals surface area contributed by atoms with Crippen molar-refractivity contribution in [2.75, 3.05) is 5.32 Å². The summed E-state index contributed by atoms with van der Waals surface area (Å²) in [6, 6.07) is 3.58. The first kappa shape index (κ1) is 15.5. The summed E-state index contributed by atoms with van der Waals surface area (Å²) < 4.78 is 26.8. The molecule has 7 nitrogen and oxygen atoms in total. The Kier molecular flexibility index (Phi) is 4.02. The highest BCUT2D eigenvalue weighted by Gasteiger charge is 2.26. The minimum Gasteiger partial charge on any atom is -0.481 e. The van der Waals surface area contributed by atoms with E-state index in [2.05, 4.69) is 10.0 Å². The van der Waals surface area contributed by atoms with Crippen LogP contribution in [0.5, 0.6) is 0 Å². The molecule has 1 aromatic rings. The first-order valence-electron chi connectivity index (χ1n) is 6.38. The molecule has 0 aromatic heterocycles. The van der Waals surface area contributed by atoms with Gasteiger partial charge in [0.05, 0.1) is 17.2 Å². The van der Waals surface area contributed by atoms with Crippen LogP contribution in [-0.4, -0.2) is 31.4 Å². The molecular weight excluding hydrogens is 296 g/mol. The van der Waals surface area contributed by atoms with Crippen LogP contribution in [0.3, 0.4) is 0 Å². The monoisotopic (exact) mass is 312 g/mol. The Morgan fingerprint density at radius 2 is 2.05 bits per heavy atom. The van der Waals surface area contributed by atoms with Gasteiger partial charge in [-0.25, -0.2) is 13.1 Å². The molecule has 2 rings (SSSR count). The zero-order chi connectivity index (χ0) is 15.8. The molecule has 0 saturated carbocycles. The molecule has 8 heteroatoms. The molecule has 0 saturated heterocycles. The first-order valence-corrected chi connectivity index (χ1v) is 7.87. The lowest BCUT2D eigenvalue weighted by Gasteiger charge is -2.18. The van der Waals surface area contributed by atoms with E-state index in [-0.39, 0.29) is 17.2 Å².